The second-order valence-electron chi connectivity index (χ2n) is 9.59. The Kier molecular flexibility index (Phi) is 6.58. The molecule has 0 saturated carbocycles. The summed E-state index contributed by atoms with van der Waals surface area (Å²) >= 11 is 7.70. The molecule has 4 aromatic rings. The monoisotopic (exact) mass is 534 g/mol. The van der Waals surface area contributed by atoms with E-state index in [9.17, 15) is 9.90 Å². The molecule has 6 rings (SSSR count). The lowest BCUT2D eigenvalue weighted by molar-refractivity contribution is -0.136. The second-order valence-corrected chi connectivity index (χ2v) is 11.0. The number of aromatic nitrogens is 2. The molecule has 0 unspecified atom stereocenters. The molecule has 1 N–H and O–H groups in total. The smallest absolute Gasteiger partial charge is 0.307 e. The third-order valence-electron chi connectivity index (χ3n) is 7.20. The molecule has 2 aromatic heterocycles. The molecule has 0 bridgehead atoms. The summed E-state index contributed by atoms with van der Waals surface area (Å²) in [4.78, 5) is 26.5. The lowest BCUT2D eigenvalue weighted by Gasteiger charge is -2.42. The number of halogens is 1. The minimum Gasteiger partial charge on any atom is -0.481 e. The predicted molar refractivity (Wildman–Crippen MR) is 148 cm³/mol. The zero-order chi connectivity index (χ0) is 25.5. The van der Waals surface area contributed by atoms with E-state index in [1.807, 2.05) is 49.4 Å². The number of carboxylic acid groups (broad SMARTS) is 1. The number of nitrogens with zero attached hydrogens (tertiary/aromatic N) is 4. The number of carboxylic acids is 1. The van der Waals surface area contributed by atoms with Gasteiger partial charge in [0.1, 0.15) is 16.5 Å². The van der Waals surface area contributed by atoms with E-state index < -0.39 is 5.97 Å². The van der Waals surface area contributed by atoms with Crippen LogP contribution in [0.25, 0.3) is 32.0 Å². The lowest BCUT2D eigenvalue weighted by Crippen LogP contribution is -2.56. The molecule has 190 valence electrons. The Morgan fingerprint density at radius 3 is 2.54 bits per heavy atom. The van der Waals surface area contributed by atoms with Crippen LogP contribution in [0.3, 0.4) is 0 Å². The summed E-state index contributed by atoms with van der Waals surface area (Å²) in [6.45, 7) is 7.53. The average molecular weight is 535 g/mol. The Balaban J connectivity index is 1.36. The Labute approximate surface area is 224 Å². The third kappa shape index (κ3) is 4.82. The lowest BCUT2D eigenvalue weighted by atomic mass is 9.93. The van der Waals surface area contributed by atoms with Crippen LogP contribution in [0, 0.1) is 6.92 Å². The number of piperazine rings is 1. The predicted octanol–water partition coefficient (Wildman–Crippen LogP) is 5.14. The Bertz CT molecular complexity index is 1460. The number of ether oxygens (including phenoxy) is 1. The highest BCUT2D eigenvalue weighted by Crippen LogP contribution is 2.41. The van der Waals surface area contributed by atoms with Gasteiger partial charge in [-0.25, -0.2) is 9.97 Å². The molecule has 2 saturated heterocycles. The third-order valence-corrected chi connectivity index (χ3v) is 8.56. The summed E-state index contributed by atoms with van der Waals surface area (Å²) in [6.07, 6.45) is -0.0559. The van der Waals surface area contributed by atoms with Crippen molar-refractivity contribution in [3.05, 3.63) is 64.7 Å². The van der Waals surface area contributed by atoms with Gasteiger partial charge in [0.15, 0.2) is 0 Å². The van der Waals surface area contributed by atoms with Crippen molar-refractivity contribution in [3.8, 4) is 21.8 Å². The maximum Gasteiger partial charge on any atom is 0.307 e. The van der Waals surface area contributed by atoms with Crippen molar-refractivity contribution in [1.82, 2.24) is 14.9 Å². The number of thiazole rings is 1. The molecule has 2 aromatic carbocycles. The fraction of sp³-hybridized carbons (Fsp3) is 0.321. The van der Waals surface area contributed by atoms with Crippen LogP contribution in [0.1, 0.15) is 11.1 Å². The first kappa shape index (κ1) is 24.3. The van der Waals surface area contributed by atoms with Gasteiger partial charge < -0.3 is 14.7 Å². The Hall–Kier alpha value is -3.04. The molecule has 0 aliphatic carbocycles. The number of carbonyl (C=O) groups is 1. The number of aryl methyl sites for hydroxylation is 1. The summed E-state index contributed by atoms with van der Waals surface area (Å²) in [7, 11) is 0. The van der Waals surface area contributed by atoms with Gasteiger partial charge in [-0.15, -0.1) is 11.3 Å². The molecule has 4 heterocycles. The standard InChI is InChI=1S/C28H27ClN4O3S/c1-17-13-23-27(26(21(17)14-25(34)35)18-5-7-19(29)8-6-18)37-28(31-23)22-3-2-4-24(30-22)33-11-9-32(10-12-33)20-15-36-16-20/h2-8,13,20H,9-12,14-16H2,1H3,(H,34,35). The first-order chi connectivity index (χ1) is 18.0. The second kappa shape index (κ2) is 10.0. The Morgan fingerprint density at radius 2 is 1.86 bits per heavy atom. The molecule has 7 nitrogen and oxygen atoms in total. The van der Waals surface area contributed by atoms with Crippen molar-refractivity contribution in [3.63, 3.8) is 0 Å². The van der Waals surface area contributed by atoms with Crippen LogP contribution >= 0.6 is 22.9 Å². The van der Waals surface area contributed by atoms with Crippen LogP contribution in [0.4, 0.5) is 5.82 Å². The number of aliphatic carboxylic acids is 1. The molecule has 0 radical (unpaired) electrons. The summed E-state index contributed by atoms with van der Waals surface area (Å²) in [5.41, 5.74) is 5.22. The normalized spacial score (nSPS) is 16.8. The zero-order valence-electron chi connectivity index (χ0n) is 20.5. The van der Waals surface area contributed by atoms with E-state index in [-0.39, 0.29) is 6.42 Å². The number of rotatable bonds is 6. The molecule has 2 aliphatic heterocycles. The van der Waals surface area contributed by atoms with E-state index in [0.29, 0.717) is 11.1 Å². The number of hydrogen-bond acceptors (Lipinski definition) is 7. The van der Waals surface area contributed by atoms with Crippen LogP contribution < -0.4 is 4.90 Å². The first-order valence-corrected chi connectivity index (χ1v) is 13.6. The van der Waals surface area contributed by atoms with Gasteiger partial charge in [0, 0.05) is 36.8 Å². The van der Waals surface area contributed by atoms with Crippen molar-refractivity contribution in [2.45, 2.75) is 19.4 Å². The van der Waals surface area contributed by atoms with Gasteiger partial charge in [-0.1, -0.05) is 29.8 Å². The summed E-state index contributed by atoms with van der Waals surface area (Å²) < 4.78 is 6.32. The molecule has 37 heavy (non-hydrogen) atoms. The zero-order valence-corrected chi connectivity index (χ0v) is 22.1. The average Bonchev–Trinajstić information content (AvgIpc) is 3.28. The van der Waals surface area contributed by atoms with Crippen LogP contribution in [0.2, 0.25) is 5.02 Å². The van der Waals surface area contributed by atoms with Gasteiger partial charge in [0.05, 0.1) is 35.9 Å². The van der Waals surface area contributed by atoms with Crippen LogP contribution in [0.5, 0.6) is 0 Å². The largest absolute Gasteiger partial charge is 0.481 e. The van der Waals surface area contributed by atoms with Crippen molar-refractivity contribution in [1.29, 1.82) is 0 Å². The summed E-state index contributed by atoms with van der Waals surface area (Å²) in [5.74, 6) is 0.101. The van der Waals surface area contributed by atoms with E-state index in [1.165, 1.54) is 0 Å². The maximum absolute atomic E-state index is 11.7. The molecule has 0 atom stereocenters. The van der Waals surface area contributed by atoms with Gasteiger partial charge in [-0.3, -0.25) is 9.69 Å². The van der Waals surface area contributed by atoms with Crippen molar-refractivity contribution < 1.29 is 14.6 Å². The van der Waals surface area contributed by atoms with Gasteiger partial charge >= 0.3 is 5.97 Å². The topological polar surface area (TPSA) is 78.8 Å². The van der Waals surface area contributed by atoms with Crippen LogP contribution in [-0.2, 0) is 16.0 Å². The van der Waals surface area contributed by atoms with E-state index in [4.69, 9.17) is 26.3 Å². The number of hydrogen-bond donors (Lipinski definition) is 1. The summed E-state index contributed by atoms with van der Waals surface area (Å²) in [5, 5.41) is 11.1. The molecule has 2 fully saturated rings. The Morgan fingerprint density at radius 1 is 1.11 bits per heavy atom. The minimum absolute atomic E-state index is 0.0559. The SMILES string of the molecule is Cc1cc2nc(-c3cccc(N4CCN(C5COC5)CC4)n3)sc2c(-c2ccc(Cl)cc2)c1CC(=O)O. The van der Waals surface area contributed by atoms with Gasteiger partial charge in [-0.2, -0.15) is 0 Å². The van der Waals surface area contributed by atoms with E-state index >= 15 is 0 Å². The van der Waals surface area contributed by atoms with E-state index in [2.05, 4.69) is 15.9 Å². The molecule has 0 spiro atoms. The fourth-order valence-electron chi connectivity index (χ4n) is 5.11. The summed E-state index contributed by atoms with van der Waals surface area (Å²) in [6, 6.07) is 16.2. The molecular weight excluding hydrogens is 508 g/mol. The number of pyridine rings is 1. The highest BCUT2D eigenvalue weighted by Gasteiger charge is 2.29. The minimum atomic E-state index is -0.860. The van der Waals surface area contributed by atoms with Gasteiger partial charge in [-0.05, 0) is 53.9 Å². The maximum atomic E-state index is 11.7. The molecule has 2 aliphatic rings. The molecule has 9 heteroatoms. The van der Waals surface area contributed by atoms with Gasteiger partial charge in [0.2, 0.25) is 0 Å². The van der Waals surface area contributed by atoms with Crippen LogP contribution in [0.15, 0.2) is 48.5 Å². The van der Waals surface area contributed by atoms with E-state index in [0.717, 1.165) is 88.4 Å². The number of fused-ring (bicyclic) bond motifs is 1. The van der Waals surface area contributed by atoms with Gasteiger partial charge in [0.25, 0.3) is 0 Å². The fourth-order valence-corrected chi connectivity index (χ4v) is 6.35. The number of anilines is 1. The first-order valence-electron chi connectivity index (χ1n) is 12.4. The highest BCUT2D eigenvalue weighted by molar-refractivity contribution is 7.22. The highest BCUT2D eigenvalue weighted by atomic mass is 35.5. The van der Waals surface area contributed by atoms with E-state index in [1.54, 1.807) is 11.3 Å². The molecule has 0 amide bonds. The van der Waals surface area contributed by atoms with Crippen molar-refractivity contribution in [2.24, 2.45) is 0 Å². The van der Waals surface area contributed by atoms with Crippen molar-refractivity contribution in [2.75, 3.05) is 44.3 Å². The van der Waals surface area contributed by atoms with Crippen molar-refractivity contribution >= 4 is 44.9 Å². The molecular formula is C28H27ClN4O3S. The quantitative estimate of drug-likeness (QED) is 0.367. The van der Waals surface area contributed by atoms with Crippen LogP contribution in [-0.4, -0.2) is 71.4 Å². The number of benzene rings is 2.